The number of halogens is 3. The number of likely N-dealkylation sites (tertiary alicyclic amines) is 1. The van der Waals surface area contributed by atoms with Crippen LogP contribution in [-0.4, -0.2) is 48.8 Å². The van der Waals surface area contributed by atoms with Crippen molar-refractivity contribution in [2.75, 3.05) is 19.7 Å². The number of alkyl carbamates (subject to hydrolysis) is 1. The van der Waals surface area contributed by atoms with Crippen molar-refractivity contribution in [3.63, 3.8) is 0 Å². The summed E-state index contributed by atoms with van der Waals surface area (Å²) in [6.45, 7) is 3.37. The Morgan fingerprint density at radius 3 is 2.42 bits per heavy atom. The van der Waals surface area contributed by atoms with Crippen molar-refractivity contribution < 1.29 is 27.5 Å². The Morgan fingerprint density at radius 1 is 1.37 bits per heavy atom. The smallest absolute Gasteiger partial charge is 0.445 e. The number of piperidine rings is 1. The summed E-state index contributed by atoms with van der Waals surface area (Å²) in [6.07, 6.45) is -3.54. The zero-order chi connectivity index (χ0) is 14.5. The van der Waals surface area contributed by atoms with Gasteiger partial charge >= 0.3 is 18.2 Å². The lowest BCUT2D eigenvalue weighted by molar-refractivity contribution is -0.186. The van der Waals surface area contributed by atoms with Crippen molar-refractivity contribution in [2.24, 2.45) is 0 Å². The van der Waals surface area contributed by atoms with Crippen LogP contribution in [0.25, 0.3) is 0 Å². The molecule has 2 amide bonds. The van der Waals surface area contributed by atoms with Crippen LogP contribution in [0, 0.1) is 0 Å². The molecule has 0 aliphatic carbocycles. The van der Waals surface area contributed by atoms with E-state index < -0.39 is 18.2 Å². The van der Waals surface area contributed by atoms with Crippen LogP contribution in [-0.2, 0) is 9.53 Å². The van der Waals surface area contributed by atoms with E-state index in [9.17, 15) is 22.8 Å². The van der Waals surface area contributed by atoms with Gasteiger partial charge in [-0.25, -0.2) is 4.79 Å². The molecule has 108 valence electrons. The van der Waals surface area contributed by atoms with Crippen molar-refractivity contribution in [2.45, 2.75) is 25.1 Å². The summed E-state index contributed by atoms with van der Waals surface area (Å²) >= 11 is 0. The number of nitrogens with zero attached hydrogens (tertiary/aromatic N) is 1. The normalized spacial score (nSPS) is 16.9. The number of nitrogens with one attached hydrogen (secondary N) is 1. The second kappa shape index (κ2) is 6.44. The van der Waals surface area contributed by atoms with E-state index in [1.54, 1.807) is 0 Å². The lowest BCUT2D eigenvalue weighted by Gasteiger charge is -2.32. The Labute approximate surface area is 108 Å². The van der Waals surface area contributed by atoms with Crippen molar-refractivity contribution in [3.8, 4) is 0 Å². The summed E-state index contributed by atoms with van der Waals surface area (Å²) in [4.78, 5) is 22.9. The van der Waals surface area contributed by atoms with E-state index in [-0.39, 0.29) is 38.6 Å². The zero-order valence-corrected chi connectivity index (χ0v) is 10.2. The minimum absolute atomic E-state index is 0.0370. The Kier molecular flexibility index (Phi) is 5.20. The van der Waals surface area contributed by atoms with E-state index in [2.05, 4.69) is 11.9 Å². The Balaban J connectivity index is 2.35. The molecule has 1 aliphatic rings. The van der Waals surface area contributed by atoms with E-state index >= 15 is 0 Å². The standard InChI is InChI=1S/C11H15F3N2O3/c1-2-7-19-10(18)15-8-3-5-16(6-4-8)9(17)11(12,13)14/h2,8H,1,3-7H2,(H,15,18). The molecule has 5 nitrogen and oxygen atoms in total. The van der Waals surface area contributed by atoms with Gasteiger partial charge < -0.3 is 15.0 Å². The molecule has 0 aromatic rings. The van der Waals surface area contributed by atoms with Gasteiger partial charge in [-0.1, -0.05) is 12.7 Å². The number of alkyl halides is 3. The zero-order valence-electron chi connectivity index (χ0n) is 10.2. The first-order valence-electron chi connectivity index (χ1n) is 5.75. The molecule has 0 unspecified atom stereocenters. The van der Waals surface area contributed by atoms with Crippen LogP contribution in [0.3, 0.4) is 0 Å². The van der Waals surface area contributed by atoms with E-state index in [1.165, 1.54) is 6.08 Å². The third kappa shape index (κ3) is 4.80. The number of rotatable bonds is 3. The Hall–Kier alpha value is -1.73. The third-order valence-corrected chi connectivity index (χ3v) is 2.68. The maximum absolute atomic E-state index is 12.2. The van der Waals surface area contributed by atoms with Gasteiger partial charge in [0.15, 0.2) is 0 Å². The molecular formula is C11H15F3N2O3. The van der Waals surface area contributed by atoms with Crippen molar-refractivity contribution in [1.82, 2.24) is 10.2 Å². The fourth-order valence-electron chi connectivity index (χ4n) is 1.75. The van der Waals surface area contributed by atoms with E-state index in [0.717, 1.165) is 4.90 Å². The summed E-state index contributed by atoms with van der Waals surface area (Å²) in [6, 6.07) is -0.283. The summed E-state index contributed by atoms with van der Waals surface area (Å²) in [5, 5.41) is 2.52. The number of ether oxygens (including phenoxy) is 1. The van der Waals surface area contributed by atoms with Crippen LogP contribution in [0.1, 0.15) is 12.8 Å². The quantitative estimate of drug-likeness (QED) is 0.796. The minimum Gasteiger partial charge on any atom is -0.445 e. The van der Waals surface area contributed by atoms with Gasteiger partial charge in [0.2, 0.25) is 0 Å². The van der Waals surface area contributed by atoms with E-state index in [1.807, 2.05) is 0 Å². The van der Waals surface area contributed by atoms with Crippen molar-refractivity contribution in [3.05, 3.63) is 12.7 Å². The molecule has 8 heteroatoms. The summed E-state index contributed by atoms with van der Waals surface area (Å²) < 4.78 is 41.3. The van der Waals surface area contributed by atoms with Crippen LogP contribution < -0.4 is 5.32 Å². The van der Waals surface area contributed by atoms with Gasteiger partial charge in [0.05, 0.1) is 0 Å². The molecule has 1 saturated heterocycles. The predicted octanol–water partition coefficient (Wildman–Crippen LogP) is 1.45. The maximum Gasteiger partial charge on any atom is 0.471 e. The van der Waals surface area contributed by atoms with Crippen molar-refractivity contribution >= 4 is 12.0 Å². The molecule has 0 atom stereocenters. The molecule has 1 aliphatic heterocycles. The minimum atomic E-state index is -4.84. The SMILES string of the molecule is C=CCOC(=O)NC1CCN(C(=O)C(F)(F)F)CC1. The molecule has 1 N–H and O–H groups in total. The highest BCUT2D eigenvalue weighted by atomic mass is 19.4. The lowest BCUT2D eigenvalue weighted by Crippen LogP contribution is -2.50. The fourth-order valence-corrected chi connectivity index (χ4v) is 1.75. The fraction of sp³-hybridized carbons (Fsp3) is 0.636. The number of hydrogen-bond donors (Lipinski definition) is 1. The molecule has 0 radical (unpaired) electrons. The van der Waals surface area contributed by atoms with E-state index in [0.29, 0.717) is 0 Å². The average molecular weight is 280 g/mol. The molecule has 1 heterocycles. The Bertz CT molecular complexity index is 350. The topological polar surface area (TPSA) is 58.6 Å². The van der Waals surface area contributed by atoms with Gasteiger partial charge in [-0.3, -0.25) is 4.79 Å². The van der Waals surface area contributed by atoms with E-state index in [4.69, 9.17) is 4.74 Å². The molecule has 0 aromatic heterocycles. The molecule has 1 fully saturated rings. The number of amides is 2. The second-order valence-corrected chi connectivity index (χ2v) is 4.10. The largest absolute Gasteiger partial charge is 0.471 e. The first-order valence-corrected chi connectivity index (χ1v) is 5.75. The maximum atomic E-state index is 12.2. The van der Waals surface area contributed by atoms with Gasteiger partial charge in [0.1, 0.15) is 6.61 Å². The lowest BCUT2D eigenvalue weighted by atomic mass is 10.1. The number of hydrogen-bond acceptors (Lipinski definition) is 3. The first-order chi connectivity index (χ1) is 8.84. The monoisotopic (exact) mass is 280 g/mol. The average Bonchev–Trinajstić information content (AvgIpc) is 2.35. The van der Waals surface area contributed by atoms with Gasteiger partial charge in [0.25, 0.3) is 0 Å². The van der Waals surface area contributed by atoms with Gasteiger partial charge in [0, 0.05) is 19.1 Å². The Morgan fingerprint density at radius 2 is 1.95 bits per heavy atom. The van der Waals surface area contributed by atoms with Crippen LogP contribution in [0.2, 0.25) is 0 Å². The highest BCUT2D eigenvalue weighted by Gasteiger charge is 2.43. The van der Waals surface area contributed by atoms with Crippen LogP contribution in [0.4, 0.5) is 18.0 Å². The summed E-state index contributed by atoms with van der Waals surface area (Å²) in [5.41, 5.74) is 0. The molecule has 0 aromatic carbocycles. The molecule has 1 rings (SSSR count). The van der Waals surface area contributed by atoms with Crippen LogP contribution in [0.5, 0.6) is 0 Å². The van der Waals surface area contributed by atoms with Gasteiger partial charge in [-0.05, 0) is 12.8 Å². The van der Waals surface area contributed by atoms with Gasteiger partial charge in [-0.2, -0.15) is 13.2 Å². The second-order valence-electron chi connectivity index (χ2n) is 4.10. The highest BCUT2D eigenvalue weighted by molar-refractivity contribution is 5.82. The first kappa shape index (κ1) is 15.3. The molecular weight excluding hydrogens is 265 g/mol. The molecule has 19 heavy (non-hydrogen) atoms. The summed E-state index contributed by atoms with van der Waals surface area (Å²) in [5.74, 6) is -1.83. The van der Waals surface area contributed by atoms with Gasteiger partial charge in [-0.15, -0.1) is 0 Å². The molecule has 0 saturated carbocycles. The molecule has 0 bridgehead atoms. The third-order valence-electron chi connectivity index (χ3n) is 2.68. The predicted molar refractivity (Wildman–Crippen MR) is 60.3 cm³/mol. The number of carbonyl (C=O) groups excluding carboxylic acids is 2. The van der Waals surface area contributed by atoms with Crippen molar-refractivity contribution in [1.29, 1.82) is 0 Å². The molecule has 0 spiro atoms. The van der Waals surface area contributed by atoms with Crippen LogP contribution >= 0.6 is 0 Å². The summed E-state index contributed by atoms with van der Waals surface area (Å²) in [7, 11) is 0. The number of carbonyl (C=O) groups is 2. The van der Waals surface area contributed by atoms with Crippen LogP contribution in [0.15, 0.2) is 12.7 Å². The highest BCUT2D eigenvalue weighted by Crippen LogP contribution is 2.21.